The summed E-state index contributed by atoms with van der Waals surface area (Å²) in [7, 11) is 4.33. The highest BCUT2D eigenvalue weighted by atomic mass is 16.5. The van der Waals surface area contributed by atoms with Gasteiger partial charge in [-0.3, -0.25) is 4.79 Å². The largest absolute Gasteiger partial charge is 0.493 e. The number of ether oxygens (including phenoxy) is 3. The molecule has 0 bridgehead atoms. The number of carboxylic acids is 1. The van der Waals surface area contributed by atoms with Gasteiger partial charge in [0.05, 0.1) is 21.3 Å². The SMILES string of the molecule is CC[C@@H](NC(=O)c1cc(OC)c(OC)c(OC)c1)C(=O)O. The van der Waals surface area contributed by atoms with Crippen molar-refractivity contribution < 1.29 is 28.9 Å². The standard InChI is InChI=1S/C14H19NO6/c1-5-9(14(17)18)15-13(16)8-6-10(19-2)12(21-4)11(7-8)20-3/h6-7,9H,5H2,1-4H3,(H,15,16)(H,17,18)/t9-/m1/s1. The maximum absolute atomic E-state index is 12.1. The molecule has 0 aliphatic carbocycles. The van der Waals surface area contributed by atoms with E-state index in [2.05, 4.69) is 5.32 Å². The zero-order valence-corrected chi connectivity index (χ0v) is 12.4. The Kier molecular flexibility index (Phi) is 5.83. The number of methoxy groups -OCH3 is 3. The number of aliphatic carboxylic acids is 1. The fraction of sp³-hybridized carbons (Fsp3) is 0.429. The fourth-order valence-electron chi connectivity index (χ4n) is 1.79. The number of carbonyl (C=O) groups excluding carboxylic acids is 1. The van der Waals surface area contributed by atoms with E-state index in [-0.39, 0.29) is 12.0 Å². The maximum Gasteiger partial charge on any atom is 0.326 e. The highest BCUT2D eigenvalue weighted by molar-refractivity contribution is 5.97. The van der Waals surface area contributed by atoms with Gasteiger partial charge < -0.3 is 24.6 Å². The van der Waals surface area contributed by atoms with Crippen LogP contribution in [0, 0.1) is 0 Å². The van der Waals surface area contributed by atoms with Gasteiger partial charge in [-0.05, 0) is 18.6 Å². The molecule has 0 radical (unpaired) electrons. The first-order valence-electron chi connectivity index (χ1n) is 6.32. The van der Waals surface area contributed by atoms with Gasteiger partial charge in [-0.2, -0.15) is 0 Å². The van der Waals surface area contributed by atoms with E-state index in [0.29, 0.717) is 17.2 Å². The summed E-state index contributed by atoms with van der Waals surface area (Å²) in [6.07, 6.45) is 0.283. The van der Waals surface area contributed by atoms with Gasteiger partial charge in [0.15, 0.2) is 11.5 Å². The third-order valence-corrected chi connectivity index (χ3v) is 2.94. The minimum atomic E-state index is -1.08. The van der Waals surface area contributed by atoms with E-state index in [1.807, 2.05) is 0 Å². The Hall–Kier alpha value is -2.44. The van der Waals surface area contributed by atoms with E-state index >= 15 is 0 Å². The predicted octanol–water partition coefficient (Wildman–Crippen LogP) is 1.31. The van der Waals surface area contributed by atoms with E-state index in [9.17, 15) is 9.59 Å². The Morgan fingerprint density at radius 1 is 1.14 bits per heavy atom. The van der Waals surface area contributed by atoms with Crippen LogP contribution in [0.25, 0.3) is 0 Å². The third-order valence-electron chi connectivity index (χ3n) is 2.94. The zero-order valence-electron chi connectivity index (χ0n) is 12.4. The Bertz CT molecular complexity index is 503. The van der Waals surface area contributed by atoms with Gasteiger partial charge in [0.25, 0.3) is 5.91 Å². The molecule has 0 aromatic heterocycles. The van der Waals surface area contributed by atoms with Crippen LogP contribution in [0.1, 0.15) is 23.7 Å². The van der Waals surface area contributed by atoms with Crippen LogP contribution in [0.2, 0.25) is 0 Å². The van der Waals surface area contributed by atoms with Crippen molar-refractivity contribution in [2.24, 2.45) is 0 Å². The molecule has 1 rings (SSSR count). The molecule has 0 unspecified atom stereocenters. The summed E-state index contributed by atoms with van der Waals surface area (Å²) in [5.74, 6) is -0.598. The first kappa shape index (κ1) is 16.6. The number of amides is 1. The molecule has 1 aromatic carbocycles. The molecule has 0 heterocycles. The normalized spacial score (nSPS) is 11.4. The lowest BCUT2D eigenvalue weighted by atomic mass is 10.1. The van der Waals surface area contributed by atoms with Crippen LogP contribution in [0.15, 0.2) is 12.1 Å². The lowest BCUT2D eigenvalue weighted by Gasteiger charge is -2.16. The fourth-order valence-corrected chi connectivity index (χ4v) is 1.79. The number of hydrogen-bond acceptors (Lipinski definition) is 5. The van der Waals surface area contributed by atoms with Gasteiger partial charge in [0.1, 0.15) is 6.04 Å². The highest BCUT2D eigenvalue weighted by Crippen LogP contribution is 2.38. The molecule has 1 aromatic rings. The minimum absolute atomic E-state index is 0.226. The summed E-state index contributed by atoms with van der Waals surface area (Å²) in [5, 5.41) is 11.4. The molecule has 0 fully saturated rings. The number of rotatable bonds is 7. The highest BCUT2D eigenvalue weighted by Gasteiger charge is 2.21. The average molecular weight is 297 g/mol. The number of hydrogen-bond donors (Lipinski definition) is 2. The molecule has 7 nitrogen and oxygen atoms in total. The molecule has 116 valence electrons. The lowest BCUT2D eigenvalue weighted by molar-refractivity contribution is -0.139. The van der Waals surface area contributed by atoms with E-state index in [1.165, 1.54) is 33.5 Å². The quantitative estimate of drug-likeness (QED) is 0.788. The topological polar surface area (TPSA) is 94.1 Å². The first-order valence-corrected chi connectivity index (χ1v) is 6.32. The van der Waals surface area contributed by atoms with Crippen molar-refractivity contribution in [3.8, 4) is 17.2 Å². The Labute approximate surface area is 122 Å². The van der Waals surface area contributed by atoms with E-state index in [1.54, 1.807) is 6.92 Å². The van der Waals surface area contributed by atoms with Crippen LogP contribution in [0.3, 0.4) is 0 Å². The van der Waals surface area contributed by atoms with Crippen LogP contribution in [-0.2, 0) is 4.79 Å². The van der Waals surface area contributed by atoms with Crippen LogP contribution >= 0.6 is 0 Å². The van der Waals surface area contributed by atoms with Crippen molar-refractivity contribution in [2.75, 3.05) is 21.3 Å². The third kappa shape index (κ3) is 3.77. The summed E-state index contributed by atoms with van der Waals surface area (Å²) >= 11 is 0. The molecule has 0 saturated carbocycles. The van der Waals surface area contributed by atoms with Gasteiger partial charge in [-0.25, -0.2) is 4.79 Å². The van der Waals surface area contributed by atoms with Crippen LogP contribution < -0.4 is 19.5 Å². The molecule has 1 amide bonds. The maximum atomic E-state index is 12.1. The van der Waals surface area contributed by atoms with Crippen LogP contribution in [0.5, 0.6) is 17.2 Å². The van der Waals surface area contributed by atoms with Gasteiger partial charge >= 0.3 is 5.97 Å². The zero-order chi connectivity index (χ0) is 16.0. The number of carboxylic acid groups (broad SMARTS) is 1. The van der Waals surface area contributed by atoms with Gasteiger partial charge in [-0.1, -0.05) is 6.92 Å². The monoisotopic (exact) mass is 297 g/mol. The Balaban J connectivity index is 3.13. The molecule has 1 atom stereocenters. The van der Waals surface area contributed by atoms with Crippen molar-refractivity contribution >= 4 is 11.9 Å². The summed E-state index contributed by atoms with van der Waals surface area (Å²) in [6, 6.07) is 1.98. The summed E-state index contributed by atoms with van der Waals surface area (Å²) < 4.78 is 15.5. The van der Waals surface area contributed by atoms with Gasteiger partial charge in [0.2, 0.25) is 5.75 Å². The van der Waals surface area contributed by atoms with Crippen molar-refractivity contribution in [1.82, 2.24) is 5.32 Å². The van der Waals surface area contributed by atoms with E-state index < -0.39 is 17.9 Å². The van der Waals surface area contributed by atoms with Crippen molar-refractivity contribution in [3.05, 3.63) is 17.7 Å². The lowest BCUT2D eigenvalue weighted by Crippen LogP contribution is -2.40. The van der Waals surface area contributed by atoms with E-state index in [4.69, 9.17) is 19.3 Å². The molecule has 0 aliphatic rings. The molecule has 0 spiro atoms. The predicted molar refractivity (Wildman–Crippen MR) is 75.3 cm³/mol. The molecule has 2 N–H and O–H groups in total. The van der Waals surface area contributed by atoms with Gasteiger partial charge in [0, 0.05) is 5.56 Å². The number of carbonyl (C=O) groups is 2. The number of benzene rings is 1. The summed E-state index contributed by atoms with van der Waals surface area (Å²) in [5.41, 5.74) is 0.226. The van der Waals surface area contributed by atoms with Crippen molar-refractivity contribution in [1.29, 1.82) is 0 Å². The first-order chi connectivity index (χ1) is 9.98. The Morgan fingerprint density at radius 2 is 1.67 bits per heavy atom. The van der Waals surface area contributed by atoms with Crippen molar-refractivity contribution in [3.63, 3.8) is 0 Å². The van der Waals surface area contributed by atoms with Crippen molar-refractivity contribution in [2.45, 2.75) is 19.4 Å². The minimum Gasteiger partial charge on any atom is -0.493 e. The smallest absolute Gasteiger partial charge is 0.326 e. The summed E-state index contributed by atoms with van der Waals surface area (Å²) in [4.78, 5) is 23.1. The van der Waals surface area contributed by atoms with Gasteiger partial charge in [-0.15, -0.1) is 0 Å². The molecular formula is C14H19NO6. The second-order valence-corrected chi connectivity index (χ2v) is 4.19. The Morgan fingerprint density at radius 3 is 2.00 bits per heavy atom. The molecule has 0 saturated heterocycles. The molecule has 0 aliphatic heterocycles. The summed E-state index contributed by atoms with van der Waals surface area (Å²) in [6.45, 7) is 1.67. The van der Waals surface area contributed by atoms with Crippen LogP contribution in [-0.4, -0.2) is 44.4 Å². The van der Waals surface area contributed by atoms with E-state index in [0.717, 1.165) is 0 Å². The average Bonchev–Trinajstić information content (AvgIpc) is 2.50. The van der Waals surface area contributed by atoms with Crippen LogP contribution in [0.4, 0.5) is 0 Å². The molecule has 7 heteroatoms. The number of nitrogens with one attached hydrogen (secondary N) is 1. The second kappa shape index (κ2) is 7.37. The molecular weight excluding hydrogens is 278 g/mol. The molecule has 21 heavy (non-hydrogen) atoms. The second-order valence-electron chi connectivity index (χ2n) is 4.19.